The highest BCUT2D eigenvalue weighted by Gasteiger charge is 2.25. The number of rotatable bonds is 6. The van der Waals surface area contributed by atoms with Gasteiger partial charge in [-0.3, -0.25) is 4.98 Å². The normalized spacial score (nSPS) is 16.2. The Bertz CT molecular complexity index is 1050. The van der Waals surface area contributed by atoms with Crippen molar-refractivity contribution in [3.05, 3.63) is 28.7 Å². The number of aryl methyl sites for hydroxylation is 1. The maximum atomic E-state index is 6.03. The summed E-state index contributed by atoms with van der Waals surface area (Å²) in [5, 5.41) is 10.5. The molecule has 9 heteroatoms. The Balaban J connectivity index is 1.76. The lowest BCUT2D eigenvalue weighted by molar-refractivity contribution is 0.406. The van der Waals surface area contributed by atoms with Crippen molar-refractivity contribution >= 4 is 28.7 Å². The largest absolute Gasteiger partial charge is 0.496 e. The number of nitrogens with two attached hydrogens (primary N) is 1. The van der Waals surface area contributed by atoms with Crippen LogP contribution in [0.25, 0.3) is 11.0 Å². The summed E-state index contributed by atoms with van der Waals surface area (Å²) in [4.78, 5) is 13.6. The first-order valence-electron chi connectivity index (χ1n) is 9.90. The van der Waals surface area contributed by atoms with Gasteiger partial charge in [-0.1, -0.05) is 6.92 Å². The molecule has 0 aromatic carbocycles. The number of nitrogens with zero attached hydrogens (tertiary/aromatic N) is 5. The van der Waals surface area contributed by atoms with Crippen LogP contribution in [-0.2, 0) is 13.0 Å². The molecule has 4 heterocycles. The highest BCUT2D eigenvalue weighted by Crippen LogP contribution is 2.34. The molecule has 1 aliphatic heterocycles. The lowest BCUT2D eigenvalue weighted by Crippen LogP contribution is -2.33. The average molecular weight is 414 g/mol. The number of nitrogens with one attached hydrogen (secondary N) is 1. The van der Waals surface area contributed by atoms with Crippen LogP contribution >= 0.6 is 11.8 Å². The smallest absolute Gasteiger partial charge is 0.223 e. The molecule has 1 aliphatic rings. The first-order valence-corrected chi connectivity index (χ1v) is 10.9. The van der Waals surface area contributed by atoms with E-state index in [9.17, 15) is 0 Å². The van der Waals surface area contributed by atoms with E-state index >= 15 is 0 Å². The molecular weight excluding hydrogens is 386 g/mol. The number of aromatic nitrogens is 5. The molecule has 3 N–H and O–H groups in total. The Hall–Kier alpha value is -2.39. The summed E-state index contributed by atoms with van der Waals surface area (Å²) in [5.41, 5.74) is 10.8. The molecule has 0 fully saturated rings. The summed E-state index contributed by atoms with van der Waals surface area (Å²) in [6.45, 7) is 7.70. The zero-order valence-electron chi connectivity index (χ0n) is 17.3. The molecule has 3 aromatic rings. The van der Waals surface area contributed by atoms with E-state index in [0.717, 1.165) is 69.5 Å². The second-order valence-electron chi connectivity index (χ2n) is 7.40. The Morgan fingerprint density at radius 1 is 1.34 bits per heavy atom. The fourth-order valence-electron chi connectivity index (χ4n) is 3.81. The zero-order chi connectivity index (χ0) is 20.5. The summed E-state index contributed by atoms with van der Waals surface area (Å²) in [5.74, 6) is 2.08. The van der Waals surface area contributed by atoms with Gasteiger partial charge in [0, 0.05) is 35.5 Å². The minimum Gasteiger partial charge on any atom is -0.496 e. The van der Waals surface area contributed by atoms with E-state index < -0.39 is 0 Å². The third-order valence-corrected chi connectivity index (χ3v) is 6.38. The summed E-state index contributed by atoms with van der Waals surface area (Å²) in [6, 6.07) is 0.348. The maximum Gasteiger partial charge on any atom is 0.223 e. The van der Waals surface area contributed by atoms with Crippen LogP contribution in [0.2, 0.25) is 0 Å². The molecule has 8 nitrogen and oxygen atoms in total. The number of nitrogen functional groups attached to an aromatic ring is 1. The standard InChI is InChI=1S/C20H27N7OS/c1-5-6-22-13-7-14-16-18(24-20(21)25-19(16)29-10-13)27(26-14)9-15-12(3)17(28-4)11(2)8-23-15/h8,13,22H,5-7,9-10H2,1-4H3,(H2,21,24,25). The van der Waals surface area contributed by atoms with Gasteiger partial charge in [-0.05, 0) is 26.8 Å². The van der Waals surface area contributed by atoms with Gasteiger partial charge in [0.1, 0.15) is 10.8 Å². The van der Waals surface area contributed by atoms with Crippen molar-refractivity contribution in [3.8, 4) is 5.75 Å². The number of hydrogen-bond donors (Lipinski definition) is 2. The Kier molecular flexibility index (Phi) is 5.60. The summed E-state index contributed by atoms with van der Waals surface area (Å²) >= 11 is 1.72. The lowest BCUT2D eigenvalue weighted by Gasteiger charge is -2.15. The molecule has 0 aliphatic carbocycles. The van der Waals surface area contributed by atoms with E-state index in [-0.39, 0.29) is 5.95 Å². The van der Waals surface area contributed by atoms with Crippen molar-refractivity contribution < 1.29 is 4.74 Å². The van der Waals surface area contributed by atoms with Crippen LogP contribution in [0, 0.1) is 13.8 Å². The minimum absolute atomic E-state index is 0.277. The lowest BCUT2D eigenvalue weighted by atomic mass is 10.1. The molecule has 0 spiro atoms. The highest BCUT2D eigenvalue weighted by atomic mass is 32.2. The number of thioether (sulfide) groups is 1. The minimum atomic E-state index is 0.277. The maximum absolute atomic E-state index is 6.03. The molecule has 154 valence electrons. The quantitative estimate of drug-likeness (QED) is 0.594. The van der Waals surface area contributed by atoms with Gasteiger partial charge >= 0.3 is 0 Å². The first-order chi connectivity index (χ1) is 14.0. The van der Waals surface area contributed by atoms with Gasteiger partial charge in [0.15, 0.2) is 5.65 Å². The number of anilines is 1. The van der Waals surface area contributed by atoms with Crippen LogP contribution in [-0.4, -0.2) is 50.2 Å². The molecule has 29 heavy (non-hydrogen) atoms. The Morgan fingerprint density at radius 2 is 2.17 bits per heavy atom. The fraction of sp³-hybridized carbons (Fsp3) is 0.500. The van der Waals surface area contributed by atoms with Crippen LogP contribution in [0.4, 0.5) is 5.95 Å². The third-order valence-electron chi connectivity index (χ3n) is 5.24. The Labute approximate surface area is 174 Å². The number of pyridine rings is 1. The molecule has 0 bridgehead atoms. The van der Waals surface area contributed by atoms with E-state index in [1.807, 2.05) is 24.7 Å². The van der Waals surface area contributed by atoms with Crippen molar-refractivity contribution in [2.75, 3.05) is 25.1 Å². The fourth-order valence-corrected chi connectivity index (χ4v) is 4.91. The second-order valence-corrected chi connectivity index (χ2v) is 8.41. The number of ether oxygens (including phenoxy) is 1. The monoisotopic (exact) mass is 413 g/mol. The van der Waals surface area contributed by atoms with Crippen molar-refractivity contribution in [1.29, 1.82) is 0 Å². The molecule has 0 saturated carbocycles. The predicted molar refractivity (Wildman–Crippen MR) is 116 cm³/mol. The van der Waals surface area contributed by atoms with Gasteiger partial charge < -0.3 is 15.8 Å². The van der Waals surface area contributed by atoms with Gasteiger partial charge in [-0.15, -0.1) is 11.8 Å². The summed E-state index contributed by atoms with van der Waals surface area (Å²) in [7, 11) is 1.69. The third kappa shape index (κ3) is 3.76. The van der Waals surface area contributed by atoms with E-state index in [4.69, 9.17) is 15.6 Å². The van der Waals surface area contributed by atoms with Crippen molar-refractivity contribution in [2.24, 2.45) is 0 Å². The van der Waals surface area contributed by atoms with Crippen LogP contribution < -0.4 is 15.8 Å². The van der Waals surface area contributed by atoms with E-state index in [1.54, 1.807) is 18.9 Å². The van der Waals surface area contributed by atoms with E-state index in [0.29, 0.717) is 12.6 Å². The summed E-state index contributed by atoms with van der Waals surface area (Å²) < 4.78 is 7.46. The SMILES string of the molecule is CCCNC1CSc2nc(N)nc3c2c(nn3Cc2ncc(C)c(OC)c2C)C1. The summed E-state index contributed by atoms with van der Waals surface area (Å²) in [6.07, 6.45) is 3.79. The predicted octanol–water partition coefficient (Wildman–Crippen LogP) is 2.49. The van der Waals surface area contributed by atoms with Crippen molar-refractivity contribution in [2.45, 2.75) is 51.2 Å². The Morgan fingerprint density at radius 3 is 2.93 bits per heavy atom. The van der Waals surface area contributed by atoms with Gasteiger partial charge in [0.05, 0.1) is 30.4 Å². The van der Waals surface area contributed by atoms with Crippen LogP contribution in [0.5, 0.6) is 5.75 Å². The first kappa shape index (κ1) is 19.9. The average Bonchev–Trinajstić information content (AvgIpc) is 2.92. The van der Waals surface area contributed by atoms with Crippen molar-refractivity contribution in [3.63, 3.8) is 0 Å². The molecular formula is C20H27N7OS. The molecule has 0 radical (unpaired) electrons. The van der Waals surface area contributed by atoms with Gasteiger partial charge in [0.25, 0.3) is 0 Å². The molecule has 0 amide bonds. The van der Waals surface area contributed by atoms with Crippen molar-refractivity contribution in [1.82, 2.24) is 30.0 Å². The topological polar surface area (TPSA) is 104 Å². The highest BCUT2D eigenvalue weighted by molar-refractivity contribution is 7.99. The number of hydrogen-bond acceptors (Lipinski definition) is 8. The molecule has 1 atom stereocenters. The molecule has 4 rings (SSSR count). The molecule has 1 unspecified atom stereocenters. The van der Waals surface area contributed by atoms with Crippen LogP contribution in [0.15, 0.2) is 11.2 Å². The van der Waals surface area contributed by atoms with Gasteiger partial charge in [-0.2, -0.15) is 10.1 Å². The molecule has 0 saturated heterocycles. The second kappa shape index (κ2) is 8.16. The van der Waals surface area contributed by atoms with Gasteiger partial charge in [-0.25, -0.2) is 9.67 Å². The van der Waals surface area contributed by atoms with Crippen LogP contribution in [0.1, 0.15) is 35.9 Å². The molecule has 3 aromatic heterocycles. The van der Waals surface area contributed by atoms with Crippen LogP contribution in [0.3, 0.4) is 0 Å². The zero-order valence-corrected chi connectivity index (χ0v) is 18.1. The van der Waals surface area contributed by atoms with E-state index in [2.05, 4.69) is 27.2 Å². The number of methoxy groups -OCH3 is 1. The van der Waals surface area contributed by atoms with Gasteiger partial charge in [0.2, 0.25) is 5.95 Å². The van der Waals surface area contributed by atoms with E-state index in [1.165, 1.54) is 0 Å².